The van der Waals surface area contributed by atoms with E-state index in [-0.39, 0.29) is 24.2 Å². The smallest absolute Gasteiger partial charge is 0.309 e. The SMILES string of the molecule is CCOC(=O)C1CCN(C(=O)Cc2noc(-c3ccccc3C)n2)CC1. The standard InChI is InChI=1S/C19H23N3O4/c1-3-25-19(24)14-8-10-22(11-9-14)17(23)12-16-20-18(26-21-16)15-7-5-4-6-13(15)2/h4-7,14H,3,8-12H2,1-2H3. The van der Waals surface area contributed by atoms with Gasteiger partial charge in [-0.15, -0.1) is 0 Å². The molecule has 1 aliphatic heterocycles. The molecule has 3 rings (SSSR count). The third-order valence-corrected chi connectivity index (χ3v) is 4.62. The lowest BCUT2D eigenvalue weighted by Crippen LogP contribution is -2.41. The molecule has 1 aromatic heterocycles. The molecular formula is C19H23N3O4. The lowest BCUT2D eigenvalue weighted by Gasteiger charge is -2.30. The van der Waals surface area contributed by atoms with E-state index in [2.05, 4.69) is 10.1 Å². The van der Waals surface area contributed by atoms with Crippen molar-refractivity contribution in [2.24, 2.45) is 5.92 Å². The number of hydrogen-bond donors (Lipinski definition) is 0. The van der Waals surface area contributed by atoms with Crippen molar-refractivity contribution in [1.29, 1.82) is 0 Å². The van der Waals surface area contributed by atoms with Crippen LogP contribution in [0.1, 0.15) is 31.2 Å². The maximum Gasteiger partial charge on any atom is 0.309 e. The van der Waals surface area contributed by atoms with E-state index in [4.69, 9.17) is 9.26 Å². The molecule has 1 aromatic carbocycles. The van der Waals surface area contributed by atoms with Gasteiger partial charge in [0.15, 0.2) is 5.82 Å². The van der Waals surface area contributed by atoms with E-state index in [9.17, 15) is 9.59 Å². The Morgan fingerprint density at radius 3 is 2.69 bits per heavy atom. The van der Waals surface area contributed by atoms with Crippen LogP contribution in [0.25, 0.3) is 11.5 Å². The van der Waals surface area contributed by atoms with Crippen molar-refractivity contribution in [3.8, 4) is 11.5 Å². The van der Waals surface area contributed by atoms with Crippen LogP contribution in [0.15, 0.2) is 28.8 Å². The number of piperidine rings is 1. The van der Waals surface area contributed by atoms with Gasteiger partial charge in [-0.3, -0.25) is 9.59 Å². The van der Waals surface area contributed by atoms with Gasteiger partial charge >= 0.3 is 5.97 Å². The van der Waals surface area contributed by atoms with Crippen LogP contribution in [0.3, 0.4) is 0 Å². The minimum atomic E-state index is -0.166. The van der Waals surface area contributed by atoms with Crippen molar-refractivity contribution in [3.05, 3.63) is 35.7 Å². The fraction of sp³-hybridized carbons (Fsp3) is 0.474. The molecule has 0 aliphatic carbocycles. The maximum absolute atomic E-state index is 12.5. The molecule has 1 saturated heterocycles. The van der Waals surface area contributed by atoms with Gasteiger partial charge in [-0.05, 0) is 38.3 Å². The second-order valence-electron chi connectivity index (χ2n) is 6.41. The van der Waals surface area contributed by atoms with Gasteiger partial charge in [0.25, 0.3) is 5.89 Å². The van der Waals surface area contributed by atoms with Crippen LogP contribution in [0, 0.1) is 12.8 Å². The second kappa shape index (κ2) is 8.12. The normalized spacial score (nSPS) is 15.1. The van der Waals surface area contributed by atoms with Gasteiger partial charge in [0.2, 0.25) is 5.91 Å². The van der Waals surface area contributed by atoms with E-state index >= 15 is 0 Å². The van der Waals surface area contributed by atoms with E-state index in [1.54, 1.807) is 11.8 Å². The zero-order valence-electron chi connectivity index (χ0n) is 15.1. The van der Waals surface area contributed by atoms with Crippen LogP contribution in [-0.4, -0.2) is 46.6 Å². The van der Waals surface area contributed by atoms with Gasteiger partial charge in [0.1, 0.15) is 0 Å². The summed E-state index contributed by atoms with van der Waals surface area (Å²) in [6.07, 6.45) is 1.36. The monoisotopic (exact) mass is 357 g/mol. The molecular weight excluding hydrogens is 334 g/mol. The highest BCUT2D eigenvalue weighted by molar-refractivity contribution is 5.79. The van der Waals surface area contributed by atoms with E-state index in [1.807, 2.05) is 31.2 Å². The van der Waals surface area contributed by atoms with E-state index < -0.39 is 0 Å². The largest absolute Gasteiger partial charge is 0.466 e. The Kier molecular flexibility index (Phi) is 5.65. The summed E-state index contributed by atoms with van der Waals surface area (Å²) in [5.74, 6) is 0.467. The fourth-order valence-electron chi connectivity index (χ4n) is 3.12. The number of nitrogens with zero attached hydrogens (tertiary/aromatic N) is 3. The third-order valence-electron chi connectivity index (χ3n) is 4.62. The first kappa shape index (κ1) is 18.1. The number of aromatic nitrogens is 2. The van der Waals surface area contributed by atoms with Crippen LogP contribution < -0.4 is 0 Å². The minimum absolute atomic E-state index is 0.0514. The van der Waals surface area contributed by atoms with Crippen molar-refractivity contribution in [3.63, 3.8) is 0 Å². The average Bonchev–Trinajstić information content (AvgIpc) is 3.10. The van der Waals surface area contributed by atoms with Gasteiger partial charge in [0, 0.05) is 18.7 Å². The van der Waals surface area contributed by atoms with Gasteiger partial charge in [0.05, 0.1) is 18.9 Å². The number of hydrogen-bond acceptors (Lipinski definition) is 6. The maximum atomic E-state index is 12.5. The van der Waals surface area contributed by atoms with Gasteiger partial charge in [-0.2, -0.15) is 4.98 Å². The summed E-state index contributed by atoms with van der Waals surface area (Å²) in [7, 11) is 0. The summed E-state index contributed by atoms with van der Waals surface area (Å²) in [5.41, 5.74) is 1.91. The fourth-order valence-corrected chi connectivity index (χ4v) is 3.12. The molecule has 0 N–H and O–H groups in total. The molecule has 138 valence electrons. The molecule has 2 aromatic rings. The highest BCUT2D eigenvalue weighted by atomic mass is 16.5. The lowest BCUT2D eigenvalue weighted by molar-refractivity contribution is -0.151. The molecule has 0 spiro atoms. The summed E-state index contributed by atoms with van der Waals surface area (Å²) in [6, 6.07) is 7.73. The Labute approximate surface area is 152 Å². The van der Waals surface area contributed by atoms with Crippen LogP contribution in [0.5, 0.6) is 0 Å². The van der Waals surface area contributed by atoms with Crippen molar-refractivity contribution < 1.29 is 18.8 Å². The summed E-state index contributed by atoms with van der Waals surface area (Å²) >= 11 is 0. The molecule has 0 saturated carbocycles. The molecule has 2 heterocycles. The molecule has 7 heteroatoms. The van der Waals surface area contributed by atoms with Crippen LogP contribution in [0.2, 0.25) is 0 Å². The number of aryl methyl sites for hydroxylation is 1. The van der Waals surface area contributed by atoms with Crippen molar-refractivity contribution >= 4 is 11.9 Å². The van der Waals surface area contributed by atoms with Crippen LogP contribution >= 0.6 is 0 Å². The van der Waals surface area contributed by atoms with Crippen LogP contribution in [-0.2, 0) is 20.7 Å². The first-order valence-electron chi connectivity index (χ1n) is 8.91. The predicted octanol–water partition coefficient (Wildman–Crippen LogP) is 2.39. The number of carbonyl (C=O) groups excluding carboxylic acids is 2. The predicted molar refractivity (Wildman–Crippen MR) is 94.1 cm³/mol. The molecule has 0 bridgehead atoms. The molecule has 0 radical (unpaired) electrons. The number of rotatable bonds is 5. The summed E-state index contributed by atoms with van der Waals surface area (Å²) in [5, 5.41) is 3.93. The average molecular weight is 357 g/mol. The van der Waals surface area contributed by atoms with Crippen LogP contribution in [0.4, 0.5) is 0 Å². The topological polar surface area (TPSA) is 85.5 Å². The zero-order valence-corrected chi connectivity index (χ0v) is 15.1. The molecule has 26 heavy (non-hydrogen) atoms. The Morgan fingerprint density at radius 1 is 1.27 bits per heavy atom. The van der Waals surface area contributed by atoms with Gasteiger partial charge < -0.3 is 14.2 Å². The first-order chi connectivity index (χ1) is 12.6. The Bertz CT molecular complexity index is 779. The molecule has 1 fully saturated rings. The number of benzene rings is 1. The number of esters is 1. The first-order valence-corrected chi connectivity index (χ1v) is 8.91. The molecule has 1 aliphatic rings. The highest BCUT2D eigenvalue weighted by Crippen LogP contribution is 2.22. The van der Waals surface area contributed by atoms with E-state index in [0.29, 0.717) is 44.3 Å². The number of likely N-dealkylation sites (tertiary alicyclic amines) is 1. The number of carbonyl (C=O) groups is 2. The number of ether oxygens (including phenoxy) is 1. The highest BCUT2D eigenvalue weighted by Gasteiger charge is 2.28. The van der Waals surface area contributed by atoms with E-state index in [0.717, 1.165) is 11.1 Å². The lowest BCUT2D eigenvalue weighted by atomic mass is 9.97. The molecule has 1 amide bonds. The third kappa shape index (κ3) is 4.09. The summed E-state index contributed by atoms with van der Waals surface area (Å²) in [4.78, 5) is 30.3. The van der Waals surface area contributed by atoms with Crippen molar-refractivity contribution in [2.75, 3.05) is 19.7 Å². The molecule has 7 nitrogen and oxygen atoms in total. The second-order valence-corrected chi connectivity index (χ2v) is 6.41. The zero-order chi connectivity index (χ0) is 18.5. The molecule has 0 unspecified atom stereocenters. The van der Waals surface area contributed by atoms with Gasteiger partial charge in [-0.25, -0.2) is 0 Å². The number of amides is 1. The van der Waals surface area contributed by atoms with Gasteiger partial charge in [-0.1, -0.05) is 23.4 Å². The Balaban J connectivity index is 1.56. The van der Waals surface area contributed by atoms with Crippen molar-refractivity contribution in [2.45, 2.75) is 33.1 Å². The minimum Gasteiger partial charge on any atom is -0.466 e. The summed E-state index contributed by atoms with van der Waals surface area (Å²) in [6.45, 7) is 5.25. The van der Waals surface area contributed by atoms with Crippen molar-refractivity contribution in [1.82, 2.24) is 15.0 Å². The Hall–Kier alpha value is -2.70. The van der Waals surface area contributed by atoms with E-state index in [1.165, 1.54) is 0 Å². The summed E-state index contributed by atoms with van der Waals surface area (Å²) < 4.78 is 10.4. The molecule has 0 atom stereocenters. The quantitative estimate of drug-likeness (QED) is 0.764. The Morgan fingerprint density at radius 2 is 2.00 bits per heavy atom.